The first-order chi connectivity index (χ1) is 20.6. The SMILES string of the molecule is CC(=O)O.CCCCCN1CCN(c2ccc3[nH]c(NC(=O)c4[nH]cnc4C(=O)Nc4cc(Br)ccc4C)nc3c2)CC1. The van der Waals surface area contributed by atoms with Gasteiger partial charge >= 0.3 is 0 Å². The van der Waals surface area contributed by atoms with Gasteiger partial charge in [0.15, 0.2) is 5.69 Å². The Kier molecular flexibility index (Phi) is 10.9. The van der Waals surface area contributed by atoms with Gasteiger partial charge in [0.25, 0.3) is 17.8 Å². The number of aromatic nitrogens is 4. The van der Waals surface area contributed by atoms with E-state index >= 15 is 0 Å². The Morgan fingerprint density at radius 2 is 1.77 bits per heavy atom. The van der Waals surface area contributed by atoms with E-state index in [1.54, 1.807) is 6.07 Å². The second-order valence-corrected chi connectivity index (χ2v) is 11.3. The van der Waals surface area contributed by atoms with Crippen LogP contribution in [0.5, 0.6) is 0 Å². The van der Waals surface area contributed by atoms with Gasteiger partial charge in [-0.25, -0.2) is 9.97 Å². The number of anilines is 3. The normalized spacial score (nSPS) is 13.3. The highest BCUT2D eigenvalue weighted by atomic mass is 79.9. The third kappa shape index (κ3) is 8.64. The number of halogens is 1. The van der Waals surface area contributed by atoms with E-state index in [2.05, 4.69) is 69.3 Å². The molecule has 0 unspecified atom stereocenters. The number of amides is 2. The molecule has 1 saturated heterocycles. The van der Waals surface area contributed by atoms with Crippen molar-refractivity contribution in [3.05, 3.63) is 64.1 Å². The van der Waals surface area contributed by atoms with Gasteiger partial charge < -0.3 is 25.3 Å². The highest BCUT2D eigenvalue weighted by Crippen LogP contribution is 2.24. The van der Waals surface area contributed by atoms with Crippen LogP contribution in [0.1, 0.15) is 59.7 Å². The van der Waals surface area contributed by atoms with Crippen LogP contribution in [0.15, 0.2) is 47.2 Å². The number of aryl methyl sites for hydroxylation is 1. The first kappa shape index (κ1) is 31.7. The van der Waals surface area contributed by atoms with Gasteiger partial charge in [-0.3, -0.25) is 24.6 Å². The maximum atomic E-state index is 13.0. The van der Waals surface area contributed by atoms with Crippen LogP contribution in [-0.2, 0) is 4.79 Å². The van der Waals surface area contributed by atoms with Crippen molar-refractivity contribution >= 4 is 62.1 Å². The van der Waals surface area contributed by atoms with Crippen molar-refractivity contribution in [3.8, 4) is 0 Å². The monoisotopic (exact) mass is 652 g/mol. The fourth-order valence-electron chi connectivity index (χ4n) is 4.79. The molecular weight excluding hydrogens is 616 g/mol. The van der Waals surface area contributed by atoms with Gasteiger partial charge in [0.1, 0.15) is 5.69 Å². The summed E-state index contributed by atoms with van der Waals surface area (Å²) in [5, 5.41) is 13.0. The Morgan fingerprint density at radius 1 is 1.02 bits per heavy atom. The van der Waals surface area contributed by atoms with E-state index in [4.69, 9.17) is 9.90 Å². The predicted octanol–water partition coefficient (Wildman–Crippen LogP) is 5.26. The molecule has 1 aliphatic heterocycles. The molecule has 2 aromatic heterocycles. The predicted molar refractivity (Wildman–Crippen MR) is 171 cm³/mol. The van der Waals surface area contributed by atoms with E-state index in [-0.39, 0.29) is 11.4 Å². The minimum atomic E-state index is -0.833. The number of carboxylic acids is 1. The van der Waals surface area contributed by atoms with Gasteiger partial charge in [-0.2, -0.15) is 0 Å². The van der Waals surface area contributed by atoms with E-state index in [9.17, 15) is 9.59 Å². The van der Waals surface area contributed by atoms with E-state index in [1.807, 2.05) is 31.2 Å². The molecule has 4 aromatic rings. The second-order valence-electron chi connectivity index (χ2n) is 10.3. The molecule has 1 fully saturated rings. The van der Waals surface area contributed by atoms with Crippen LogP contribution in [-0.4, -0.2) is 80.4 Å². The lowest BCUT2D eigenvalue weighted by Gasteiger charge is -2.36. The van der Waals surface area contributed by atoms with Crippen LogP contribution in [0, 0.1) is 6.92 Å². The minimum Gasteiger partial charge on any atom is -0.481 e. The number of aromatic amines is 2. The van der Waals surface area contributed by atoms with Crippen LogP contribution in [0.25, 0.3) is 11.0 Å². The fraction of sp³-hybridized carbons (Fsp3) is 0.367. The molecule has 0 spiro atoms. The molecule has 1 aliphatic rings. The number of nitrogens with zero attached hydrogens (tertiary/aromatic N) is 4. The number of benzene rings is 2. The number of hydrogen-bond acceptors (Lipinski definition) is 7. The summed E-state index contributed by atoms with van der Waals surface area (Å²) in [6.07, 6.45) is 5.12. The first-order valence-electron chi connectivity index (χ1n) is 14.2. The second kappa shape index (κ2) is 14.8. The summed E-state index contributed by atoms with van der Waals surface area (Å²) >= 11 is 3.41. The number of piperazine rings is 1. The van der Waals surface area contributed by atoms with Crippen molar-refractivity contribution in [3.63, 3.8) is 0 Å². The number of carbonyl (C=O) groups excluding carboxylic acids is 2. The summed E-state index contributed by atoms with van der Waals surface area (Å²) in [6, 6.07) is 11.7. The van der Waals surface area contributed by atoms with Crippen molar-refractivity contribution in [2.24, 2.45) is 0 Å². The maximum absolute atomic E-state index is 13.0. The summed E-state index contributed by atoms with van der Waals surface area (Å²) in [6.45, 7) is 10.5. The minimum absolute atomic E-state index is 0.000825. The summed E-state index contributed by atoms with van der Waals surface area (Å²) in [5.41, 5.74) is 4.28. The fourth-order valence-corrected chi connectivity index (χ4v) is 5.15. The number of hydrogen-bond donors (Lipinski definition) is 5. The van der Waals surface area contributed by atoms with E-state index in [0.29, 0.717) is 11.6 Å². The standard InChI is InChI=1S/C28H33BrN8O2.C2H4O2/c1-3-4-5-10-36-11-13-37(14-12-36)20-8-9-21-23(16-20)34-28(33-21)35-27(39)25-24(30-17-31-25)26(38)32-22-15-19(29)7-6-18(22)2;1-2(3)4/h6-9,15-17H,3-5,10-14H2,1-2H3,(H,30,31)(H,32,38)(H2,33,34,35,39);1H3,(H,3,4). The molecule has 2 aromatic carbocycles. The van der Waals surface area contributed by atoms with Crippen LogP contribution in [0.4, 0.5) is 17.3 Å². The lowest BCUT2D eigenvalue weighted by Crippen LogP contribution is -2.46. The van der Waals surface area contributed by atoms with Crippen LogP contribution < -0.4 is 15.5 Å². The Bertz CT molecular complexity index is 1570. The molecule has 43 heavy (non-hydrogen) atoms. The highest BCUT2D eigenvalue weighted by Gasteiger charge is 2.22. The Hall–Kier alpha value is -4.23. The Morgan fingerprint density at radius 3 is 2.49 bits per heavy atom. The number of fused-ring (bicyclic) bond motifs is 1. The molecule has 3 heterocycles. The third-order valence-corrected chi connectivity index (χ3v) is 7.54. The molecular formula is C30H37BrN8O4. The number of rotatable bonds is 9. The first-order valence-corrected chi connectivity index (χ1v) is 15.0. The highest BCUT2D eigenvalue weighted by molar-refractivity contribution is 9.10. The van der Waals surface area contributed by atoms with Gasteiger partial charge in [0.2, 0.25) is 5.95 Å². The average Bonchev–Trinajstić information content (AvgIpc) is 3.62. The van der Waals surface area contributed by atoms with Crippen LogP contribution in [0.2, 0.25) is 0 Å². The number of H-pyrrole nitrogens is 2. The zero-order valence-electron chi connectivity index (χ0n) is 24.5. The average molecular weight is 654 g/mol. The number of aliphatic carboxylic acids is 1. The number of carboxylic acid groups (broad SMARTS) is 1. The van der Waals surface area contributed by atoms with Crippen molar-refractivity contribution in [2.75, 3.05) is 48.3 Å². The van der Waals surface area contributed by atoms with Gasteiger partial charge in [0.05, 0.1) is 17.4 Å². The number of imidazole rings is 2. The van der Waals surface area contributed by atoms with Crippen molar-refractivity contribution < 1.29 is 19.5 Å². The van der Waals surface area contributed by atoms with Gasteiger partial charge in [-0.15, -0.1) is 0 Å². The summed E-state index contributed by atoms with van der Waals surface area (Å²) < 4.78 is 0.834. The van der Waals surface area contributed by atoms with E-state index in [0.717, 1.165) is 59.9 Å². The van der Waals surface area contributed by atoms with Crippen LogP contribution >= 0.6 is 15.9 Å². The molecule has 0 aliphatic carbocycles. The molecule has 2 amide bonds. The maximum Gasteiger partial charge on any atom is 0.300 e. The molecule has 12 nitrogen and oxygen atoms in total. The molecule has 5 rings (SSSR count). The topological polar surface area (TPSA) is 159 Å². The number of nitrogens with one attached hydrogen (secondary N) is 4. The summed E-state index contributed by atoms with van der Waals surface area (Å²) in [4.78, 5) is 54.5. The third-order valence-electron chi connectivity index (χ3n) is 7.04. The van der Waals surface area contributed by atoms with Crippen molar-refractivity contribution in [1.29, 1.82) is 0 Å². The largest absolute Gasteiger partial charge is 0.481 e. The molecule has 0 bridgehead atoms. The summed E-state index contributed by atoms with van der Waals surface area (Å²) in [7, 11) is 0. The van der Waals surface area contributed by atoms with Crippen LogP contribution in [0.3, 0.4) is 0 Å². The number of carbonyl (C=O) groups is 3. The van der Waals surface area contributed by atoms with Gasteiger partial charge in [-0.05, 0) is 55.8 Å². The Balaban J connectivity index is 0.000000996. The lowest BCUT2D eigenvalue weighted by molar-refractivity contribution is -0.134. The van der Waals surface area contributed by atoms with Gasteiger partial charge in [0, 0.05) is 49.0 Å². The molecule has 0 saturated carbocycles. The summed E-state index contributed by atoms with van der Waals surface area (Å²) in [5.74, 6) is -1.53. The van der Waals surface area contributed by atoms with Crippen molar-refractivity contribution in [1.82, 2.24) is 24.8 Å². The quantitative estimate of drug-likeness (QED) is 0.153. The van der Waals surface area contributed by atoms with Gasteiger partial charge in [-0.1, -0.05) is 41.8 Å². The smallest absolute Gasteiger partial charge is 0.300 e. The Labute approximate surface area is 258 Å². The zero-order chi connectivity index (χ0) is 30.9. The molecule has 0 atom stereocenters. The molecule has 228 valence electrons. The van der Waals surface area contributed by atoms with E-state index < -0.39 is 17.8 Å². The van der Waals surface area contributed by atoms with E-state index in [1.165, 1.54) is 32.1 Å². The zero-order valence-corrected chi connectivity index (χ0v) is 26.1. The van der Waals surface area contributed by atoms with Crippen molar-refractivity contribution in [2.45, 2.75) is 40.0 Å². The molecule has 13 heteroatoms. The number of unbranched alkanes of at least 4 members (excludes halogenated alkanes) is 2. The molecule has 0 radical (unpaired) electrons. The molecule has 5 N–H and O–H groups in total. The lowest BCUT2D eigenvalue weighted by atomic mass is 10.2.